The molecule has 0 fully saturated rings. The lowest BCUT2D eigenvalue weighted by Crippen LogP contribution is -2.47. The summed E-state index contributed by atoms with van der Waals surface area (Å²) in [5, 5.41) is 3.36. The van der Waals surface area contributed by atoms with Gasteiger partial charge in [-0.1, -0.05) is 0 Å². The third-order valence-corrected chi connectivity index (χ3v) is 3.38. The van der Waals surface area contributed by atoms with Crippen LogP contribution >= 0.6 is 11.8 Å². The Hall–Kier alpha value is -0.220. The summed E-state index contributed by atoms with van der Waals surface area (Å²) in [7, 11) is 0. The fraction of sp³-hybridized carbons (Fsp3) is 0.917. The highest BCUT2D eigenvalue weighted by atomic mass is 32.2. The molecule has 0 spiro atoms. The number of rotatable bonds is 8. The summed E-state index contributed by atoms with van der Waals surface area (Å²) in [4.78, 5) is 13.8. The van der Waals surface area contributed by atoms with E-state index >= 15 is 0 Å². The predicted octanol–water partition coefficient (Wildman–Crippen LogP) is 1.97. The lowest BCUT2D eigenvalue weighted by atomic mass is 10.2. The molecule has 2 unspecified atom stereocenters. The molecule has 4 heteroatoms. The highest BCUT2D eigenvalue weighted by Crippen LogP contribution is 2.02. The van der Waals surface area contributed by atoms with Crippen LogP contribution in [0.4, 0.5) is 0 Å². The average Bonchev–Trinajstić information content (AvgIpc) is 2.27. The minimum atomic E-state index is -0.0724. The predicted molar refractivity (Wildman–Crippen MR) is 73.0 cm³/mol. The van der Waals surface area contributed by atoms with Crippen LogP contribution in [-0.2, 0) is 4.79 Å². The smallest absolute Gasteiger partial charge is 0.239 e. The Morgan fingerprint density at radius 2 is 1.88 bits per heavy atom. The summed E-state index contributed by atoms with van der Waals surface area (Å²) in [5.41, 5.74) is 0. The van der Waals surface area contributed by atoms with Crippen molar-refractivity contribution in [1.82, 2.24) is 10.2 Å². The van der Waals surface area contributed by atoms with Gasteiger partial charge in [-0.05, 0) is 46.1 Å². The molecule has 1 N–H and O–H groups in total. The quantitative estimate of drug-likeness (QED) is 0.711. The van der Waals surface area contributed by atoms with E-state index in [1.54, 1.807) is 0 Å². The van der Waals surface area contributed by atoms with Gasteiger partial charge in [0, 0.05) is 19.1 Å². The first-order valence-corrected chi connectivity index (χ1v) is 7.49. The van der Waals surface area contributed by atoms with Gasteiger partial charge in [-0.2, -0.15) is 11.8 Å². The third kappa shape index (κ3) is 5.75. The number of likely N-dealkylation sites (N-methyl/N-ethyl adjacent to an activating group) is 1. The Kier molecular flexibility index (Phi) is 8.76. The summed E-state index contributed by atoms with van der Waals surface area (Å²) >= 11 is 1.85. The minimum absolute atomic E-state index is 0.0724. The summed E-state index contributed by atoms with van der Waals surface area (Å²) in [6.07, 6.45) is 3.22. The van der Waals surface area contributed by atoms with Crippen LogP contribution in [0.3, 0.4) is 0 Å². The second-order valence-electron chi connectivity index (χ2n) is 4.08. The number of carbonyl (C=O) groups is 1. The molecule has 0 heterocycles. The summed E-state index contributed by atoms with van der Waals surface area (Å²) in [5.74, 6) is 1.35. The molecule has 1 amide bonds. The number of thioether (sulfide) groups is 1. The normalized spacial score (nSPS) is 14.6. The van der Waals surface area contributed by atoms with E-state index in [9.17, 15) is 4.79 Å². The minimum Gasteiger partial charge on any atom is -0.342 e. The van der Waals surface area contributed by atoms with Crippen molar-refractivity contribution < 1.29 is 4.79 Å². The summed E-state index contributed by atoms with van der Waals surface area (Å²) < 4.78 is 0. The van der Waals surface area contributed by atoms with E-state index in [4.69, 9.17) is 0 Å². The van der Waals surface area contributed by atoms with Crippen molar-refractivity contribution in [3.8, 4) is 0 Å². The van der Waals surface area contributed by atoms with Crippen LogP contribution in [0.5, 0.6) is 0 Å². The number of nitrogens with one attached hydrogen (secondary N) is 1. The molecule has 0 saturated heterocycles. The lowest BCUT2D eigenvalue weighted by molar-refractivity contribution is -0.132. The van der Waals surface area contributed by atoms with E-state index in [0.717, 1.165) is 25.3 Å². The molecule has 0 rings (SSSR count). The molecule has 0 aromatic rings. The van der Waals surface area contributed by atoms with Crippen molar-refractivity contribution in [3.05, 3.63) is 0 Å². The average molecular weight is 246 g/mol. The fourth-order valence-corrected chi connectivity index (χ4v) is 2.27. The number of carbonyl (C=O) groups excluding carboxylic acids is 1. The first-order valence-electron chi connectivity index (χ1n) is 6.10. The Bertz CT molecular complexity index is 195. The Morgan fingerprint density at radius 1 is 1.31 bits per heavy atom. The topological polar surface area (TPSA) is 32.3 Å². The number of hydrogen-bond donors (Lipinski definition) is 1. The molecule has 0 aromatic carbocycles. The molecule has 0 bridgehead atoms. The molecule has 0 aliphatic carbocycles. The number of amides is 1. The SMILES string of the molecule is CCN(CC)C(=O)C(C)NC(C)CCSC. The van der Waals surface area contributed by atoms with E-state index < -0.39 is 0 Å². The molecule has 0 saturated carbocycles. The van der Waals surface area contributed by atoms with Crippen LogP contribution in [-0.4, -0.2) is 48.0 Å². The first-order chi connectivity index (χ1) is 7.56. The number of hydrogen-bond acceptors (Lipinski definition) is 3. The molecule has 2 atom stereocenters. The summed E-state index contributed by atoms with van der Waals surface area (Å²) in [6.45, 7) is 9.72. The maximum absolute atomic E-state index is 12.0. The zero-order chi connectivity index (χ0) is 12.6. The van der Waals surface area contributed by atoms with Crippen molar-refractivity contribution in [2.45, 2.75) is 46.2 Å². The highest BCUT2D eigenvalue weighted by Gasteiger charge is 2.19. The van der Waals surface area contributed by atoms with Gasteiger partial charge < -0.3 is 10.2 Å². The zero-order valence-electron chi connectivity index (χ0n) is 11.2. The largest absolute Gasteiger partial charge is 0.342 e. The van der Waals surface area contributed by atoms with Crippen molar-refractivity contribution in [2.24, 2.45) is 0 Å². The van der Waals surface area contributed by atoms with Crippen LogP contribution in [0.2, 0.25) is 0 Å². The third-order valence-electron chi connectivity index (χ3n) is 2.74. The number of nitrogens with zero attached hydrogens (tertiary/aromatic N) is 1. The Morgan fingerprint density at radius 3 is 2.31 bits per heavy atom. The van der Waals surface area contributed by atoms with E-state index in [-0.39, 0.29) is 11.9 Å². The molecular formula is C12H26N2OS. The maximum atomic E-state index is 12.0. The van der Waals surface area contributed by atoms with Gasteiger partial charge in [0.2, 0.25) is 5.91 Å². The van der Waals surface area contributed by atoms with E-state index in [0.29, 0.717) is 6.04 Å². The maximum Gasteiger partial charge on any atom is 0.239 e. The zero-order valence-corrected chi connectivity index (χ0v) is 12.1. The Balaban J connectivity index is 4.03. The first kappa shape index (κ1) is 15.8. The van der Waals surface area contributed by atoms with Gasteiger partial charge in [0.1, 0.15) is 0 Å². The molecule has 0 radical (unpaired) electrons. The van der Waals surface area contributed by atoms with Crippen LogP contribution < -0.4 is 5.32 Å². The standard InChI is InChI=1S/C12H26N2OS/c1-6-14(7-2)12(15)11(4)13-10(3)8-9-16-5/h10-11,13H,6-9H2,1-5H3. The summed E-state index contributed by atoms with van der Waals surface area (Å²) in [6, 6.07) is 0.332. The van der Waals surface area contributed by atoms with Crippen LogP contribution in [0.25, 0.3) is 0 Å². The van der Waals surface area contributed by atoms with Crippen molar-refractivity contribution >= 4 is 17.7 Å². The monoisotopic (exact) mass is 246 g/mol. The molecule has 16 heavy (non-hydrogen) atoms. The molecular weight excluding hydrogens is 220 g/mol. The van der Waals surface area contributed by atoms with Gasteiger partial charge in [0.25, 0.3) is 0 Å². The van der Waals surface area contributed by atoms with Gasteiger partial charge in [-0.3, -0.25) is 4.79 Å². The van der Waals surface area contributed by atoms with E-state index in [2.05, 4.69) is 18.5 Å². The van der Waals surface area contributed by atoms with Gasteiger partial charge in [0.05, 0.1) is 6.04 Å². The molecule has 0 aliphatic rings. The van der Waals surface area contributed by atoms with Crippen LogP contribution in [0.1, 0.15) is 34.1 Å². The van der Waals surface area contributed by atoms with Crippen molar-refractivity contribution in [2.75, 3.05) is 25.1 Å². The highest BCUT2D eigenvalue weighted by molar-refractivity contribution is 7.98. The van der Waals surface area contributed by atoms with Gasteiger partial charge in [-0.15, -0.1) is 0 Å². The fourth-order valence-electron chi connectivity index (χ4n) is 1.69. The van der Waals surface area contributed by atoms with E-state index in [1.165, 1.54) is 0 Å². The molecule has 96 valence electrons. The molecule has 3 nitrogen and oxygen atoms in total. The molecule has 0 aliphatic heterocycles. The van der Waals surface area contributed by atoms with Gasteiger partial charge in [-0.25, -0.2) is 0 Å². The molecule has 0 aromatic heterocycles. The van der Waals surface area contributed by atoms with Gasteiger partial charge in [0.15, 0.2) is 0 Å². The van der Waals surface area contributed by atoms with Crippen molar-refractivity contribution in [1.29, 1.82) is 0 Å². The van der Waals surface area contributed by atoms with Gasteiger partial charge >= 0.3 is 0 Å². The van der Waals surface area contributed by atoms with Crippen LogP contribution in [0, 0.1) is 0 Å². The van der Waals surface area contributed by atoms with Crippen LogP contribution in [0.15, 0.2) is 0 Å². The second-order valence-corrected chi connectivity index (χ2v) is 5.07. The van der Waals surface area contributed by atoms with Crippen molar-refractivity contribution in [3.63, 3.8) is 0 Å². The second kappa shape index (κ2) is 8.88. The van der Waals surface area contributed by atoms with E-state index in [1.807, 2.05) is 37.4 Å². The lowest BCUT2D eigenvalue weighted by Gasteiger charge is -2.25. The Labute approximate surface area is 104 Å².